The summed E-state index contributed by atoms with van der Waals surface area (Å²) >= 11 is 0. The maximum absolute atomic E-state index is 13.0. The summed E-state index contributed by atoms with van der Waals surface area (Å²) in [5.74, 6) is -0.949. The first-order valence-corrected chi connectivity index (χ1v) is 9.81. The minimum atomic E-state index is -3.92. The van der Waals surface area contributed by atoms with Crippen molar-refractivity contribution in [3.05, 3.63) is 78.1 Å². The van der Waals surface area contributed by atoms with Crippen molar-refractivity contribution in [1.82, 2.24) is 9.21 Å². The zero-order valence-corrected chi connectivity index (χ0v) is 16.2. The van der Waals surface area contributed by atoms with E-state index in [0.29, 0.717) is 5.56 Å². The molecule has 0 atom stereocenters. The maximum Gasteiger partial charge on any atom is 0.243 e. The van der Waals surface area contributed by atoms with Gasteiger partial charge >= 0.3 is 0 Å². The van der Waals surface area contributed by atoms with Gasteiger partial charge in [0.1, 0.15) is 5.82 Å². The van der Waals surface area contributed by atoms with Crippen LogP contribution in [0, 0.1) is 17.1 Å². The predicted molar refractivity (Wildman–Crippen MR) is 103 cm³/mol. The highest BCUT2D eigenvalue weighted by molar-refractivity contribution is 7.89. The first-order chi connectivity index (χ1) is 13.3. The van der Waals surface area contributed by atoms with Crippen molar-refractivity contribution >= 4 is 15.9 Å². The fraction of sp³-hybridized carbons (Fsp3) is 0.200. The predicted octanol–water partition coefficient (Wildman–Crippen LogP) is 2.53. The molecular formula is C20H20FN3O3S. The lowest BCUT2D eigenvalue weighted by Gasteiger charge is -2.24. The number of sulfonamides is 1. The van der Waals surface area contributed by atoms with Crippen LogP contribution in [-0.2, 0) is 21.4 Å². The minimum Gasteiger partial charge on any atom is -0.334 e. The molecule has 2 aromatic carbocycles. The Kier molecular flexibility index (Phi) is 7.04. The van der Waals surface area contributed by atoms with E-state index in [2.05, 4.69) is 6.58 Å². The summed E-state index contributed by atoms with van der Waals surface area (Å²) in [5, 5.41) is 8.86. The van der Waals surface area contributed by atoms with Crippen molar-refractivity contribution in [3.63, 3.8) is 0 Å². The van der Waals surface area contributed by atoms with Gasteiger partial charge in [0.15, 0.2) is 0 Å². The lowest BCUT2D eigenvalue weighted by Crippen LogP contribution is -2.40. The molecule has 0 heterocycles. The summed E-state index contributed by atoms with van der Waals surface area (Å²) in [5.41, 5.74) is 1.31. The second-order valence-electron chi connectivity index (χ2n) is 6.09. The standard InChI is InChI=1S/C20H20FN3O3S/c1-3-12-24(14-17-6-4-16(13-22)5-7-17)20(25)15-23(2)28(26,27)19-10-8-18(21)9-11-19/h3-11H,1,12,14-15H2,2H3. The van der Waals surface area contributed by atoms with Gasteiger partial charge in [-0.1, -0.05) is 18.2 Å². The van der Waals surface area contributed by atoms with Gasteiger partial charge in [0.05, 0.1) is 23.1 Å². The molecule has 0 aliphatic rings. The Bertz CT molecular complexity index is 981. The van der Waals surface area contributed by atoms with E-state index >= 15 is 0 Å². The van der Waals surface area contributed by atoms with Gasteiger partial charge in [-0.3, -0.25) is 4.79 Å². The van der Waals surface area contributed by atoms with Crippen LogP contribution in [-0.4, -0.2) is 43.7 Å². The third kappa shape index (κ3) is 5.25. The monoisotopic (exact) mass is 401 g/mol. The second-order valence-corrected chi connectivity index (χ2v) is 8.13. The van der Waals surface area contributed by atoms with E-state index in [0.717, 1.165) is 34.1 Å². The Morgan fingerprint density at radius 3 is 2.32 bits per heavy atom. The van der Waals surface area contributed by atoms with E-state index in [-0.39, 0.29) is 24.5 Å². The highest BCUT2D eigenvalue weighted by Crippen LogP contribution is 2.15. The molecule has 0 aromatic heterocycles. The molecule has 8 heteroatoms. The van der Waals surface area contributed by atoms with Crippen molar-refractivity contribution in [2.24, 2.45) is 0 Å². The molecule has 146 valence electrons. The van der Waals surface area contributed by atoms with Gasteiger partial charge in [0.25, 0.3) is 0 Å². The van der Waals surface area contributed by atoms with Crippen LogP contribution in [0.2, 0.25) is 0 Å². The Labute approximate surface area is 164 Å². The van der Waals surface area contributed by atoms with Crippen molar-refractivity contribution < 1.29 is 17.6 Å². The molecule has 0 spiro atoms. The third-order valence-electron chi connectivity index (χ3n) is 4.04. The first kappa shape index (κ1) is 21.3. The summed E-state index contributed by atoms with van der Waals surface area (Å²) in [6.45, 7) is 3.75. The summed E-state index contributed by atoms with van der Waals surface area (Å²) in [4.78, 5) is 14.0. The molecule has 0 saturated carbocycles. The van der Waals surface area contributed by atoms with Crippen molar-refractivity contribution in [2.45, 2.75) is 11.4 Å². The normalized spacial score (nSPS) is 11.1. The quantitative estimate of drug-likeness (QED) is 0.637. The maximum atomic E-state index is 13.0. The van der Waals surface area contributed by atoms with Crippen molar-refractivity contribution in [3.8, 4) is 6.07 Å². The molecule has 2 rings (SSSR count). The van der Waals surface area contributed by atoms with Gasteiger partial charge in [-0.05, 0) is 42.0 Å². The van der Waals surface area contributed by atoms with Crippen LogP contribution < -0.4 is 0 Å². The highest BCUT2D eigenvalue weighted by Gasteiger charge is 2.25. The number of nitrogens with zero attached hydrogens (tertiary/aromatic N) is 3. The average molecular weight is 401 g/mol. The molecule has 0 unspecified atom stereocenters. The molecule has 6 nitrogen and oxygen atoms in total. The van der Waals surface area contributed by atoms with E-state index in [4.69, 9.17) is 5.26 Å². The topological polar surface area (TPSA) is 81.5 Å². The molecule has 0 aliphatic carbocycles. The van der Waals surface area contributed by atoms with Crippen LogP contribution in [0.1, 0.15) is 11.1 Å². The summed E-state index contributed by atoms with van der Waals surface area (Å²) in [6, 6.07) is 13.2. The number of carbonyl (C=O) groups excluding carboxylic acids is 1. The molecule has 0 radical (unpaired) electrons. The molecule has 0 saturated heterocycles. The number of nitriles is 1. The largest absolute Gasteiger partial charge is 0.334 e. The van der Waals surface area contributed by atoms with Gasteiger partial charge in [0, 0.05) is 20.1 Å². The van der Waals surface area contributed by atoms with E-state index in [9.17, 15) is 17.6 Å². The molecule has 2 aromatic rings. The zero-order valence-electron chi connectivity index (χ0n) is 15.4. The SMILES string of the molecule is C=CCN(Cc1ccc(C#N)cc1)C(=O)CN(C)S(=O)(=O)c1ccc(F)cc1. The van der Waals surface area contributed by atoms with Gasteiger partial charge in [-0.25, -0.2) is 12.8 Å². The van der Waals surface area contributed by atoms with Crippen LogP contribution in [0.25, 0.3) is 0 Å². The number of likely N-dealkylation sites (N-methyl/N-ethyl adjacent to an activating group) is 1. The van der Waals surface area contributed by atoms with E-state index in [1.54, 1.807) is 30.3 Å². The summed E-state index contributed by atoms with van der Waals surface area (Å²) in [6.07, 6.45) is 1.55. The minimum absolute atomic E-state index is 0.0911. The number of amides is 1. The van der Waals surface area contributed by atoms with Gasteiger partial charge in [-0.2, -0.15) is 9.57 Å². The summed E-state index contributed by atoms with van der Waals surface area (Å²) in [7, 11) is -2.63. The lowest BCUT2D eigenvalue weighted by atomic mass is 10.1. The van der Waals surface area contributed by atoms with Gasteiger partial charge in [-0.15, -0.1) is 6.58 Å². The number of rotatable bonds is 8. The molecule has 28 heavy (non-hydrogen) atoms. The van der Waals surface area contributed by atoms with Gasteiger partial charge in [0.2, 0.25) is 15.9 Å². The lowest BCUT2D eigenvalue weighted by molar-refractivity contribution is -0.131. The number of hydrogen-bond donors (Lipinski definition) is 0. The number of hydrogen-bond acceptors (Lipinski definition) is 4. The molecule has 1 amide bonds. The van der Waals surface area contributed by atoms with Crippen LogP contribution in [0.5, 0.6) is 0 Å². The Morgan fingerprint density at radius 2 is 1.79 bits per heavy atom. The number of carbonyl (C=O) groups is 1. The van der Waals surface area contributed by atoms with Crippen LogP contribution in [0.3, 0.4) is 0 Å². The molecule has 0 N–H and O–H groups in total. The Hall–Kier alpha value is -3.02. The average Bonchev–Trinajstić information content (AvgIpc) is 2.68. The number of halogens is 1. The molecule has 0 fully saturated rings. The van der Waals surface area contributed by atoms with E-state index in [1.807, 2.05) is 6.07 Å². The smallest absolute Gasteiger partial charge is 0.243 e. The molecular weight excluding hydrogens is 381 g/mol. The van der Waals surface area contributed by atoms with Crippen LogP contribution in [0.15, 0.2) is 66.1 Å². The second kappa shape index (κ2) is 9.26. The van der Waals surface area contributed by atoms with Crippen molar-refractivity contribution in [2.75, 3.05) is 20.1 Å². The Morgan fingerprint density at radius 1 is 1.18 bits per heavy atom. The molecule has 0 aliphatic heterocycles. The van der Waals surface area contributed by atoms with Crippen molar-refractivity contribution in [1.29, 1.82) is 5.26 Å². The van der Waals surface area contributed by atoms with E-state index in [1.165, 1.54) is 11.9 Å². The summed E-state index contributed by atoms with van der Waals surface area (Å²) < 4.78 is 39.1. The van der Waals surface area contributed by atoms with Gasteiger partial charge < -0.3 is 4.90 Å². The van der Waals surface area contributed by atoms with E-state index < -0.39 is 21.7 Å². The molecule has 0 bridgehead atoms. The fourth-order valence-corrected chi connectivity index (χ4v) is 3.60. The highest BCUT2D eigenvalue weighted by atomic mass is 32.2. The van der Waals surface area contributed by atoms with Crippen LogP contribution in [0.4, 0.5) is 4.39 Å². The fourth-order valence-electron chi connectivity index (χ4n) is 2.48. The zero-order chi connectivity index (χ0) is 20.7. The van der Waals surface area contributed by atoms with Crippen LogP contribution >= 0.6 is 0 Å². The third-order valence-corrected chi connectivity index (χ3v) is 5.86. The number of benzene rings is 2. The Balaban J connectivity index is 2.12. The first-order valence-electron chi connectivity index (χ1n) is 8.37.